The third kappa shape index (κ3) is 1.65. The molecule has 1 aromatic carbocycles. The summed E-state index contributed by atoms with van der Waals surface area (Å²) in [5.41, 5.74) is 0.160. The van der Waals surface area contributed by atoms with Gasteiger partial charge in [0, 0.05) is 18.1 Å². The molecule has 6 heteroatoms. The van der Waals surface area contributed by atoms with Crippen LogP contribution in [0.2, 0.25) is 0 Å². The second-order valence-corrected chi connectivity index (χ2v) is 3.49. The number of imide groups is 1. The summed E-state index contributed by atoms with van der Waals surface area (Å²) in [4.78, 5) is 32.6. The van der Waals surface area contributed by atoms with E-state index in [1.807, 2.05) is 0 Å². The standard InChI is InChI=1S/C10H8N2O4/c13-9-5-7(10(14)11-9)6-3-1-2-4-8(6)12(15)16/h1-4,7H,5H2,(H,11,13,14). The SMILES string of the molecule is O=C1CC(c2ccccc2[N+](=O)[O-])C(=O)N1. The number of carbonyl (C=O) groups excluding carboxylic acids is 2. The van der Waals surface area contributed by atoms with Gasteiger partial charge in [-0.05, 0) is 0 Å². The molecule has 1 saturated heterocycles. The van der Waals surface area contributed by atoms with Gasteiger partial charge in [-0.15, -0.1) is 0 Å². The summed E-state index contributed by atoms with van der Waals surface area (Å²) in [6.45, 7) is 0. The highest BCUT2D eigenvalue weighted by Crippen LogP contribution is 2.31. The summed E-state index contributed by atoms with van der Waals surface area (Å²) in [5.74, 6) is -1.61. The fourth-order valence-electron chi connectivity index (χ4n) is 1.75. The number of nitro groups is 1. The van der Waals surface area contributed by atoms with Crippen LogP contribution >= 0.6 is 0 Å². The van der Waals surface area contributed by atoms with Crippen molar-refractivity contribution >= 4 is 17.5 Å². The molecule has 6 nitrogen and oxygen atoms in total. The number of hydrogen-bond acceptors (Lipinski definition) is 4. The predicted molar refractivity (Wildman–Crippen MR) is 53.6 cm³/mol. The molecule has 1 N–H and O–H groups in total. The molecule has 82 valence electrons. The van der Waals surface area contributed by atoms with E-state index in [0.29, 0.717) is 0 Å². The maximum atomic E-state index is 11.4. The quantitative estimate of drug-likeness (QED) is 0.452. The lowest BCUT2D eigenvalue weighted by atomic mass is 9.96. The molecule has 16 heavy (non-hydrogen) atoms. The van der Waals surface area contributed by atoms with Crippen LogP contribution in [0.15, 0.2) is 24.3 Å². The van der Waals surface area contributed by atoms with Crippen LogP contribution in [0.3, 0.4) is 0 Å². The highest BCUT2D eigenvalue weighted by atomic mass is 16.6. The molecule has 0 spiro atoms. The summed E-state index contributed by atoms with van der Waals surface area (Å²) in [5, 5.41) is 12.9. The van der Waals surface area contributed by atoms with Crippen LogP contribution < -0.4 is 5.32 Å². The van der Waals surface area contributed by atoms with Crippen LogP contribution in [-0.2, 0) is 9.59 Å². The second kappa shape index (κ2) is 3.73. The molecule has 2 rings (SSSR count). The van der Waals surface area contributed by atoms with E-state index in [1.165, 1.54) is 18.2 Å². The van der Waals surface area contributed by atoms with Gasteiger partial charge in [0.2, 0.25) is 11.8 Å². The van der Waals surface area contributed by atoms with E-state index in [-0.39, 0.29) is 17.7 Å². The van der Waals surface area contributed by atoms with Gasteiger partial charge in [-0.2, -0.15) is 0 Å². The first-order valence-electron chi connectivity index (χ1n) is 4.66. The lowest BCUT2D eigenvalue weighted by Crippen LogP contribution is -2.21. The van der Waals surface area contributed by atoms with E-state index in [1.54, 1.807) is 6.07 Å². The second-order valence-electron chi connectivity index (χ2n) is 3.49. The molecule has 0 bridgehead atoms. The summed E-state index contributed by atoms with van der Waals surface area (Å²) in [7, 11) is 0. The third-order valence-electron chi connectivity index (χ3n) is 2.48. The van der Waals surface area contributed by atoms with Crippen molar-refractivity contribution in [2.75, 3.05) is 0 Å². The van der Waals surface area contributed by atoms with Gasteiger partial charge >= 0.3 is 0 Å². The number of hydrogen-bond donors (Lipinski definition) is 1. The fraction of sp³-hybridized carbons (Fsp3) is 0.200. The Morgan fingerprint density at radius 2 is 2.00 bits per heavy atom. The van der Waals surface area contributed by atoms with E-state index in [4.69, 9.17) is 0 Å². The van der Waals surface area contributed by atoms with Crippen LogP contribution in [-0.4, -0.2) is 16.7 Å². The highest BCUT2D eigenvalue weighted by Gasteiger charge is 2.35. The largest absolute Gasteiger partial charge is 0.296 e. The number of rotatable bonds is 2. The smallest absolute Gasteiger partial charge is 0.273 e. The molecule has 1 aliphatic rings. The lowest BCUT2D eigenvalue weighted by molar-refractivity contribution is -0.385. The molecule has 1 aliphatic heterocycles. The lowest BCUT2D eigenvalue weighted by Gasteiger charge is -2.06. The number of carbonyl (C=O) groups is 2. The highest BCUT2D eigenvalue weighted by molar-refractivity contribution is 6.06. The van der Waals surface area contributed by atoms with Gasteiger partial charge < -0.3 is 0 Å². The Balaban J connectivity index is 2.44. The van der Waals surface area contributed by atoms with Gasteiger partial charge in [-0.1, -0.05) is 18.2 Å². The predicted octanol–water partition coefficient (Wildman–Crippen LogP) is 0.725. The van der Waals surface area contributed by atoms with Crippen LogP contribution in [0.5, 0.6) is 0 Å². The summed E-state index contributed by atoms with van der Waals surface area (Å²) in [6.07, 6.45) is -0.0241. The zero-order valence-electron chi connectivity index (χ0n) is 8.17. The summed E-state index contributed by atoms with van der Waals surface area (Å²) >= 11 is 0. The van der Waals surface area contributed by atoms with Crippen LogP contribution in [0.25, 0.3) is 0 Å². The van der Waals surface area contributed by atoms with Crippen molar-refractivity contribution in [3.63, 3.8) is 0 Å². The first-order chi connectivity index (χ1) is 7.59. The molecule has 0 radical (unpaired) electrons. The Morgan fingerprint density at radius 1 is 1.31 bits per heavy atom. The molecular formula is C10H8N2O4. The topological polar surface area (TPSA) is 89.3 Å². The van der Waals surface area contributed by atoms with E-state index >= 15 is 0 Å². The summed E-state index contributed by atoms with van der Waals surface area (Å²) < 4.78 is 0. The minimum absolute atomic E-state index is 0.0241. The minimum Gasteiger partial charge on any atom is -0.296 e. The van der Waals surface area contributed by atoms with E-state index in [2.05, 4.69) is 5.32 Å². The van der Waals surface area contributed by atoms with Crippen LogP contribution in [0.4, 0.5) is 5.69 Å². The van der Waals surface area contributed by atoms with Crippen molar-refractivity contribution in [2.45, 2.75) is 12.3 Å². The van der Waals surface area contributed by atoms with Crippen LogP contribution in [0.1, 0.15) is 17.9 Å². The molecule has 1 heterocycles. The molecule has 0 aliphatic carbocycles. The maximum absolute atomic E-state index is 11.4. The average molecular weight is 220 g/mol. The van der Waals surface area contributed by atoms with Crippen LogP contribution in [0, 0.1) is 10.1 Å². The molecule has 0 aromatic heterocycles. The number of nitrogens with one attached hydrogen (secondary N) is 1. The zero-order valence-corrected chi connectivity index (χ0v) is 8.17. The molecule has 2 amide bonds. The monoisotopic (exact) mass is 220 g/mol. The summed E-state index contributed by atoms with van der Waals surface area (Å²) in [6, 6.07) is 5.96. The van der Waals surface area contributed by atoms with Gasteiger partial charge in [0.05, 0.1) is 10.8 Å². The Morgan fingerprint density at radius 3 is 2.56 bits per heavy atom. The van der Waals surface area contributed by atoms with E-state index in [9.17, 15) is 19.7 Å². The number of amides is 2. The van der Waals surface area contributed by atoms with Gasteiger partial charge in [0.1, 0.15) is 0 Å². The first kappa shape index (κ1) is 10.3. The first-order valence-corrected chi connectivity index (χ1v) is 4.66. The van der Waals surface area contributed by atoms with Gasteiger partial charge in [-0.25, -0.2) is 0 Å². The normalized spacial score (nSPS) is 19.6. The molecule has 1 atom stereocenters. The molecule has 1 fully saturated rings. The number of nitrogens with zero attached hydrogens (tertiary/aromatic N) is 1. The van der Waals surface area contributed by atoms with Crippen molar-refractivity contribution in [1.82, 2.24) is 5.32 Å². The third-order valence-corrected chi connectivity index (χ3v) is 2.48. The zero-order chi connectivity index (χ0) is 11.7. The maximum Gasteiger partial charge on any atom is 0.273 e. The van der Waals surface area contributed by atoms with Crippen molar-refractivity contribution in [3.05, 3.63) is 39.9 Å². The van der Waals surface area contributed by atoms with E-state index in [0.717, 1.165) is 0 Å². The van der Waals surface area contributed by atoms with Crippen molar-refractivity contribution in [2.24, 2.45) is 0 Å². The van der Waals surface area contributed by atoms with Crippen molar-refractivity contribution < 1.29 is 14.5 Å². The van der Waals surface area contributed by atoms with Gasteiger partial charge in [-0.3, -0.25) is 25.0 Å². The Kier molecular flexibility index (Phi) is 2.40. The Labute approximate surface area is 90.4 Å². The Hall–Kier alpha value is -2.24. The number of para-hydroxylation sites is 1. The van der Waals surface area contributed by atoms with Crippen molar-refractivity contribution in [3.8, 4) is 0 Å². The molecule has 0 saturated carbocycles. The minimum atomic E-state index is -0.742. The molecular weight excluding hydrogens is 212 g/mol. The van der Waals surface area contributed by atoms with Gasteiger partial charge in [0.15, 0.2) is 0 Å². The van der Waals surface area contributed by atoms with E-state index < -0.39 is 22.7 Å². The molecule has 1 aromatic rings. The number of benzene rings is 1. The Bertz CT molecular complexity index is 483. The van der Waals surface area contributed by atoms with Crippen molar-refractivity contribution in [1.29, 1.82) is 0 Å². The average Bonchev–Trinajstić information content (AvgIpc) is 2.57. The fourth-order valence-corrected chi connectivity index (χ4v) is 1.75. The number of nitro benzene ring substituents is 1. The van der Waals surface area contributed by atoms with Gasteiger partial charge in [0.25, 0.3) is 5.69 Å². The molecule has 1 unspecified atom stereocenters.